The van der Waals surface area contributed by atoms with Crippen molar-refractivity contribution in [3.63, 3.8) is 0 Å². The number of aromatic nitrogens is 1. The van der Waals surface area contributed by atoms with Gasteiger partial charge in [-0.15, -0.1) is 0 Å². The van der Waals surface area contributed by atoms with Gasteiger partial charge in [-0.05, 0) is 30.4 Å². The fourth-order valence-corrected chi connectivity index (χ4v) is 2.97. The van der Waals surface area contributed by atoms with Gasteiger partial charge in [-0.25, -0.2) is 4.98 Å². The molecule has 0 spiro atoms. The Morgan fingerprint density at radius 3 is 2.89 bits per heavy atom. The van der Waals surface area contributed by atoms with E-state index in [1.54, 1.807) is 0 Å². The van der Waals surface area contributed by atoms with Crippen LogP contribution in [0.25, 0.3) is 0 Å². The number of ether oxygens (including phenoxy) is 1. The van der Waals surface area contributed by atoms with Gasteiger partial charge in [0.25, 0.3) is 0 Å². The van der Waals surface area contributed by atoms with Gasteiger partial charge >= 0.3 is 0 Å². The Hall–Kier alpha value is -1.29. The van der Waals surface area contributed by atoms with Crippen LogP contribution in [0.5, 0.6) is 5.75 Å². The number of anilines is 1. The largest absolute Gasteiger partial charge is 0.490 e. The molecule has 3 rings (SSSR count). The highest BCUT2D eigenvalue weighted by atomic mass is 16.5. The molecule has 0 aromatic carbocycles. The van der Waals surface area contributed by atoms with Crippen molar-refractivity contribution in [3.8, 4) is 5.75 Å². The average Bonchev–Trinajstić information content (AvgIpc) is 2.97. The molecule has 3 heterocycles. The van der Waals surface area contributed by atoms with Gasteiger partial charge in [0, 0.05) is 32.4 Å². The molecule has 1 aromatic heterocycles. The molecule has 1 N–H and O–H groups in total. The Bertz CT molecular complexity index is 398. The van der Waals surface area contributed by atoms with Crippen molar-refractivity contribution in [3.05, 3.63) is 18.3 Å². The minimum atomic E-state index is 0.765. The molecule has 0 amide bonds. The van der Waals surface area contributed by atoms with Crippen LogP contribution in [0.3, 0.4) is 0 Å². The van der Waals surface area contributed by atoms with Gasteiger partial charge < -0.3 is 15.0 Å². The van der Waals surface area contributed by atoms with E-state index >= 15 is 0 Å². The van der Waals surface area contributed by atoms with Crippen molar-refractivity contribution >= 4 is 5.82 Å². The second-order valence-electron chi connectivity index (χ2n) is 5.26. The third-order valence-electron chi connectivity index (χ3n) is 3.90. The Kier molecular flexibility index (Phi) is 3.37. The molecule has 2 aliphatic heterocycles. The van der Waals surface area contributed by atoms with E-state index in [1.165, 1.54) is 0 Å². The van der Waals surface area contributed by atoms with Crippen LogP contribution in [-0.4, -0.2) is 37.8 Å². The molecule has 98 valence electrons. The summed E-state index contributed by atoms with van der Waals surface area (Å²) < 4.78 is 5.80. The summed E-state index contributed by atoms with van der Waals surface area (Å²) in [5, 5.41) is 3.47. The molecule has 2 fully saturated rings. The lowest BCUT2D eigenvalue weighted by molar-refractivity contribution is 0.316. The van der Waals surface area contributed by atoms with Gasteiger partial charge in [-0.2, -0.15) is 0 Å². The SMILES string of the molecule is CCCOc1cccnc1N1C[C@H]2CNC[C@H]2C1. The highest BCUT2D eigenvalue weighted by Crippen LogP contribution is 2.34. The molecule has 2 aliphatic rings. The summed E-state index contributed by atoms with van der Waals surface area (Å²) in [6, 6.07) is 3.98. The second kappa shape index (κ2) is 5.14. The third-order valence-corrected chi connectivity index (χ3v) is 3.90. The van der Waals surface area contributed by atoms with Gasteiger partial charge in [0.1, 0.15) is 0 Å². The van der Waals surface area contributed by atoms with Crippen molar-refractivity contribution in [2.45, 2.75) is 13.3 Å². The van der Waals surface area contributed by atoms with E-state index in [0.29, 0.717) is 0 Å². The first-order chi connectivity index (χ1) is 8.88. The van der Waals surface area contributed by atoms with Crippen LogP contribution < -0.4 is 15.0 Å². The molecule has 0 radical (unpaired) electrons. The van der Waals surface area contributed by atoms with Gasteiger partial charge in [-0.1, -0.05) is 6.92 Å². The van der Waals surface area contributed by atoms with Gasteiger partial charge in [0.15, 0.2) is 11.6 Å². The molecule has 1 aromatic rings. The number of hydrogen-bond acceptors (Lipinski definition) is 4. The summed E-state index contributed by atoms with van der Waals surface area (Å²) in [4.78, 5) is 6.91. The highest BCUT2D eigenvalue weighted by Gasteiger charge is 2.37. The normalized spacial score (nSPS) is 26.4. The maximum absolute atomic E-state index is 5.80. The first kappa shape index (κ1) is 11.8. The number of pyridine rings is 1. The molecule has 2 atom stereocenters. The van der Waals surface area contributed by atoms with Crippen molar-refractivity contribution in [1.29, 1.82) is 0 Å². The highest BCUT2D eigenvalue weighted by molar-refractivity contribution is 5.53. The number of rotatable bonds is 4. The van der Waals surface area contributed by atoms with E-state index in [2.05, 4.69) is 22.1 Å². The summed E-state index contributed by atoms with van der Waals surface area (Å²) in [5.41, 5.74) is 0. The van der Waals surface area contributed by atoms with E-state index in [0.717, 1.165) is 62.6 Å². The lowest BCUT2D eigenvalue weighted by atomic mass is 10.0. The first-order valence-corrected chi connectivity index (χ1v) is 6.92. The number of nitrogens with zero attached hydrogens (tertiary/aromatic N) is 2. The van der Waals surface area contributed by atoms with Gasteiger partial charge in [-0.3, -0.25) is 0 Å². The zero-order valence-electron chi connectivity index (χ0n) is 10.9. The zero-order chi connectivity index (χ0) is 12.4. The number of hydrogen-bond donors (Lipinski definition) is 1. The van der Waals surface area contributed by atoms with Crippen LogP contribution in [-0.2, 0) is 0 Å². The van der Waals surface area contributed by atoms with Crippen molar-refractivity contribution in [2.24, 2.45) is 11.8 Å². The molecule has 18 heavy (non-hydrogen) atoms. The summed E-state index contributed by atoms with van der Waals surface area (Å²) in [6.07, 6.45) is 2.89. The Morgan fingerprint density at radius 2 is 2.17 bits per heavy atom. The Labute approximate surface area is 108 Å². The molecule has 4 heteroatoms. The van der Waals surface area contributed by atoms with E-state index in [-0.39, 0.29) is 0 Å². The standard InChI is InChI=1S/C14H21N3O/c1-2-6-18-13-4-3-5-16-14(13)17-9-11-7-15-8-12(11)10-17/h3-5,11-12,15H,2,6-10H2,1H3/t11-,12+. The second-order valence-corrected chi connectivity index (χ2v) is 5.26. The smallest absolute Gasteiger partial charge is 0.171 e. The predicted molar refractivity (Wildman–Crippen MR) is 72.1 cm³/mol. The van der Waals surface area contributed by atoms with Crippen LogP contribution in [0.15, 0.2) is 18.3 Å². The first-order valence-electron chi connectivity index (χ1n) is 6.92. The monoisotopic (exact) mass is 247 g/mol. The maximum atomic E-state index is 5.80. The summed E-state index contributed by atoms with van der Waals surface area (Å²) in [7, 11) is 0. The van der Waals surface area contributed by atoms with E-state index in [4.69, 9.17) is 4.74 Å². The van der Waals surface area contributed by atoms with Crippen molar-refractivity contribution in [2.75, 3.05) is 37.7 Å². The molecular weight excluding hydrogens is 226 g/mol. The molecule has 2 saturated heterocycles. The third kappa shape index (κ3) is 2.17. The summed E-state index contributed by atoms with van der Waals surface area (Å²) in [5.74, 6) is 3.53. The molecule has 0 unspecified atom stereocenters. The predicted octanol–water partition coefficient (Wildman–Crippen LogP) is 1.53. The fraction of sp³-hybridized carbons (Fsp3) is 0.643. The quantitative estimate of drug-likeness (QED) is 0.875. The Balaban J connectivity index is 1.75. The van der Waals surface area contributed by atoms with Crippen LogP contribution in [0.4, 0.5) is 5.82 Å². The maximum Gasteiger partial charge on any atom is 0.171 e. The van der Waals surface area contributed by atoms with Gasteiger partial charge in [0.05, 0.1) is 6.61 Å². The fourth-order valence-electron chi connectivity index (χ4n) is 2.97. The van der Waals surface area contributed by atoms with Gasteiger partial charge in [0.2, 0.25) is 0 Å². The zero-order valence-corrected chi connectivity index (χ0v) is 10.9. The molecule has 0 aliphatic carbocycles. The van der Waals surface area contributed by atoms with E-state index in [9.17, 15) is 0 Å². The van der Waals surface area contributed by atoms with Crippen LogP contribution in [0.2, 0.25) is 0 Å². The Morgan fingerprint density at radius 1 is 1.39 bits per heavy atom. The lowest BCUT2D eigenvalue weighted by Crippen LogP contribution is -2.26. The lowest BCUT2D eigenvalue weighted by Gasteiger charge is -2.21. The number of fused-ring (bicyclic) bond motifs is 1. The summed E-state index contributed by atoms with van der Waals surface area (Å²) >= 11 is 0. The topological polar surface area (TPSA) is 37.4 Å². The number of nitrogens with one attached hydrogen (secondary N) is 1. The van der Waals surface area contributed by atoms with Crippen molar-refractivity contribution in [1.82, 2.24) is 10.3 Å². The van der Waals surface area contributed by atoms with E-state index in [1.807, 2.05) is 18.3 Å². The minimum Gasteiger partial charge on any atom is -0.490 e. The molecule has 4 nitrogen and oxygen atoms in total. The van der Waals surface area contributed by atoms with Crippen LogP contribution >= 0.6 is 0 Å². The van der Waals surface area contributed by atoms with Crippen molar-refractivity contribution < 1.29 is 4.74 Å². The summed E-state index contributed by atoms with van der Waals surface area (Å²) in [6.45, 7) is 7.41. The molecule has 0 saturated carbocycles. The van der Waals surface area contributed by atoms with Crippen LogP contribution in [0.1, 0.15) is 13.3 Å². The molecule has 0 bridgehead atoms. The molecular formula is C14H21N3O. The average molecular weight is 247 g/mol. The van der Waals surface area contributed by atoms with E-state index < -0.39 is 0 Å². The minimum absolute atomic E-state index is 0.765. The van der Waals surface area contributed by atoms with Crippen LogP contribution in [0, 0.1) is 11.8 Å².